The van der Waals surface area contributed by atoms with Gasteiger partial charge in [-0.1, -0.05) is 0 Å². The first-order valence-corrected chi connectivity index (χ1v) is 5.50. The topological polar surface area (TPSA) is 49.9 Å². The van der Waals surface area contributed by atoms with Crippen LogP contribution in [0, 0.1) is 0 Å². The molecule has 1 rings (SSSR count). The molecule has 92 valence electrons. The molecule has 5 heteroatoms. The fourth-order valence-electron chi connectivity index (χ4n) is 1.46. The van der Waals surface area contributed by atoms with E-state index in [0.717, 1.165) is 13.1 Å². The van der Waals surface area contributed by atoms with Crippen molar-refractivity contribution in [1.82, 2.24) is 9.80 Å². The summed E-state index contributed by atoms with van der Waals surface area (Å²) in [6.45, 7) is 8.04. The van der Waals surface area contributed by atoms with Crippen molar-refractivity contribution in [2.24, 2.45) is 0 Å². The molecule has 0 N–H and O–H groups in total. The normalized spacial score (nSPS) is 18.4. The van der Waals surface area contributed by atoms with Gasteiger partial charge in [-0.15, -0.1) is 0 Å². The van der Waals surface area contributed by atoms with Gasteiger partial charge in [-0.05, 0) is 27.8 Å². The third kappa shape index (κ3) is 3.81. The molecule has 1 heterocycles. The van der Waals surface area contributed by atoms with Gasteiger partial charge in [0.15, 0.2) is 0 Å². The van der Waals surface area contributed by atoms with E-state index in [-0.39, 0.29) is 0 Å². The van der Waals surface area contributed by atoms with E-state index in [0.29, 0.717) is 13.1 Å². The van der Waals surface area contributed by atoms with Crippen molar-refractivity contribution in [2.75, 3.05) is 33.2 Å². The van der Waals surface area contributed by atoms with Crippen LogP contribution < -0.4 is 0 Å². The molecule has 0 saturated carbocycles. The summed E-state index contributed by atoms with van der Waals surface area (Å²) in [6, 6.07) is 0. The molecule has 0 bridgehead atoms. The monoisotopic (exact) mass is 228 g/mol. The summed E-state index contributed by atoms with van der Waals surface area (Å²) < 4.78 is 5.04. The van der Waals surface area contributed by atoms with Gasteiger partial charge in [-0.3, -0.25) is 4.79 Å². The highest BCUT2D eigenvalue weighted by Crippen LogP contribution is 2.09. The van der Waals surface area contributed by atoms with Gasteiger partial charge in [-0.25, -0.2) is 4.79 Å². The summed E-state index contributed by atoms with van der Waals surface area (Å²) in [5, 5.41) is 0. The molecule has 0 spiro atoms. The van der Waals surface area contributed by atoms with Crippen molar-refractivity contribution < 1.29 is 14.3 Å². The van der Waals surface area contributed by atoms with Crippen molar-refractivity contribution in [3.8, 4) is 0 Å². The molecular formula is C11H20N2O3. The second-order valence-electron chi connectivity index (χ2n) is 5.10. The van der Waals surface area contributed by atoms with Gasteiger partial charge in [-0.2, -0.15) is 0 Å². The van der Waals surface area contributed by atoms with E-state index in [1.165, 1.54) is 0 Å². The molecule has 1 aliphatic rings. The van der Waals surface area contributed by atoms with Gasteiger partial charge >= 0.3 is 11.9 Å². The zero-order chi connectivity index (χ0) is 12.3. The Morgan fingerprint density at radius 1 is 1.06 bits per heavy atom. The van der Waals surface area contributed by atoms with Crippen molar-refractivity contribution in [1.29, 1.82) is 0 Å². The minimum absolute atomic E-state index is 0.525. The summed E-state index contributed by atoms with van der Waals surface area (Å²) in [6.07, 6.45) is 0. The van der Waals surface area contributed by atoms with E-state index in [4.69, 9.17) is 4.74 Å². The van der Waals surface area contributed by atoms with E-state index < -0.39 is 17.5 Å². The lowest BCUT2D eigenvalue weighted by molar-refractivity contribution is -0.168. The van der Waals surface area contributed by atoms with Gasteiger partial charge in [0, 0.05) is 26.2 Å². The number of rotatable bonds is 0. The number of piperazine rings is 1. The fourth-order valence-corrected chi connectivity index (χ4v) is 1.46. The number of amides is 1. The molecule has 0 aliphatic carbocycles. The number of carbonyl (C=O) groups excluding carboxylic acids is 2. The van der Waals surface area contributed by atoms with Crippen molar-refractivity contribution in [3.05, 3.63) is 0 Å². The maximum absolute atomic E-state index is 11.7. The van der Waals surface area contributed by atoms with Crippen LogP contribution in [0.1, 0.15) is 20.8 Å². The molecule has 1 amide bonds. The average Bonchev–Trinajstić information content (AvgIpc) is 2.15. The fraction of sp³-hybridized carbons (Fsp3) is 0.818. The molecule has 0 aromatic heterocycles. The first-order valence-electron chi connectivity index (χ1n) is 5.50. The lowest BCUT2D eigenvalue weighted by atomic mass is 10.2. The summed E-state index contributed by atoms with van der Waals surface area (Å²) in [4.78, 5) is 26.9. The second kappa shape index (κ2) is 4.82. The Hall–Kier alpha value is -1.10. The number of carbonyl (C=O) groups is 2. The van der Waals surface area contributed by atoms with Crippen LogP contribution in [0.5, 0.6) is 0 Å². The molecule has 0 radical (unpaired) electrons. The Morgan fingerprint density at radius 3 is 2.00 bits per heavy atom. The van der Waals surface area contributed by atoms with Gasteiger partial charge in [0.05, 0.1) is 0 Å². The number of ether oxygens (including phenoxy) is 1. The first kappa shape index (κ1) is 13.0. The number of hydrogen-bond acceptors (Lipinski definition) is 4. The van der Waals surface area contributed by atoms with Crippen LogP contribution in [-0.4, -0.2) is 60.5 Å². The van der Waals surface area contributed by atoms with Gasteiger partial charge in [0.2, 0.25) is 0 Å². The van der Waals surface area contributed by atoms with E-state index in [1.807, 2.05) is 7.05 Å². The van der Waals surface area contributed by atoms with Crippen LogP contribution in [0.2, 0.25) is 0 Å². The molecular weight excluding hydrogens is 208 g/mol. The largest absolute Gasteiger partial charge is 0.453 e. The minimum Gasteiger partial charge on any atom is -0.453 e. The minimum atomic E-state index is -0.753. The average molecular weight is 228 g/mol. The van der Waals surface area contributed by atoms with Crippen LogP contribution in [0.4, 0.5) is 0 Å². The van der Waals surface area contributed by atoms with E-state index >= 15 is 0 Å². The molecule has 1 fully saturated rings. The third-order valence-electron chi connectivity index (χ3n) is 2.36. The van der Waals surface area contributed by atoms with Gasteiger partial charge in [0.25, 0.3) is 0 Å². The standard InChI is InChI=1S/C11H20N2O3/c1-11(2,3)16-10(15)9(14)13-7-5-12(4)6-8-13/h5-8H2,1-4H3. The van der Waals surface area contributed by atoms with Crippen LogP contribution in [-0.2, 0) is 14.3 Å². The zero-order valence-electron chi connectivity index (χ0n) is 10.4. The Bertz CT molecular complexity index is 275. The van der Waals surface area contributed by atoms with E-state index in [1.54, 1.807) is 25.7 Å². The zero-order valence-corrected chi connectivity index (χ0v) is 10.4. The first-order chi connectivity index (χ1) is 7.29. The molecule has 0 atom stereocenters. The van der Waals surface area contributed by atoms with E-state index in [9.17, 15) is 9.59 Å². The summed E-state index contributed by atoms with van der Waals surface area (Å²) in [7, 11) is 2.00. The summed E-state index contributed by atoms with van der Waals surface area (Å²) in [5.41, 5.74) is -0.612. The van der Waals surface area contributed by atoms with Gasteiger partial charge in [0.1, 0.15) is 5.60 Å². The van der Waals surface area contributed by atoms with Crippen molar-refractivity contribution >= 4 is 11.9 Å². The molecule has 5 nitrogen and oxygen atoms in total. The van der Waals surface area contributed by atoms with Crippen LogP contribution in [0.25, 0.3) is 0 Å². The predicted molar refractivity (Wildman–Crippen MR) is 59.9 cm³/mol. The highest BCUT2D eigenvalue weighted by Gasteiger charge is 2.29. The van der Waals surface area contributed by atoms with Gasteiger partial charge < -0.3 is 14.5 Å². The molecule has 0 unspecified atom stereocenters. The van der Waals surface area contributed by atoms with E-state index in [2.05, 4.69) is 4.90 Å². The highest BCUT2D eigenvalue weighted by atomic mass is 16.6. The lowest BCUT2D eigenvalue weighted by Crippen LogP contribution is -2.50. The Kier molecular flexibility index (Phi) is 3.91. The maximum atomic E-state index is 11.7. The summed E-state index contributed by atoms with van der Waals surface area (Å²) in [5.74, 6) is -1.28. The molecule has 0 aromatic carbocycles. The predicted octanol–water partition coefficient (Wildman–Crippen LogP) is 0.102. The SMILES string of the molecule is CN1CCN(C(=O)C(=O)OC(C)(C)C)CC1. The Morgan fingerprint density at radius 2 is 1.56 bits per heavy atom. The van der Waals surface area contributed by atoms with Crippen LogP contribution >= 0.6 is 0 Å². The number of hydrogen-bond donors (Lipinski definition) is 0. The second-order valence-corrected chi connectivity index (χ2v) is 5.10. The molecule has 16 heavy (non-hydrogen) atoms. The Balaban J connectivity index is 2.48. The van der Waals surface area contributed by atoms with Crippen molar-refractivity contribution in [2.45, 2.75) is 26.4 Å². The lowest BCUT2D eigenvalue weighted by Gasteiger charge is -2.32. The number of likely N-dealkylation sites (N-methyl/N-ethyl adjacent to an activating group) is 1. The van der Waals surface area contributed by atoms with Crippen LogP contribution in [0.15, 0.2) is 0 Å². The molecule has 1 aliphatic heterocycles. The summed E-state index contributed by atoms with van der Waals surface area (Å²) >= 11 is 0. The Labute approximate surface area is 96.3 Å². The smallest absolute Gasteiger partial charge is 0.397 e. The van der Waals surface area contributed by atoms with Crippen LogP contribution in [0.3, 0.4) is 0 Å². The third-order valence-corrected chi connectivity index (χ3v) is 2.36. The molecule has 1 saturated heterocycles. The quantitative estimate of drug-likeness (QED) is 0.436. The highest BCUT2D eigenvalue weighted by molar-refractivity contribution is 6.32. The maximum Gasteiger partial charge on any atom is 0.397 e. The van der Waals surface area contributed by atoms with Crippen molar-refractivity contribution in [3.63, 3.8) is 0 Å². The number of esters is 1. The number of nitrogens with zero attached hydrogens (tertiary/aromatic N) is 2. The molecule has 0 aromatic rings.